The minimum atomic E-state index is -2.55. The molecule has 2 aliphatic rings. The zero-order valence-electron chi connectivity index (χ0n) is 19.7. The van der Waals surface area contributed by atoms with Crippen molar-refractivity contribution in [3.05, 3.63) is 53.3 Å². The predicted octanol–water partition coefficient (Wildman–Crippen LogP) is 4.81. The van der Waals surface area contributed by atoms with Crippen LogP contribution in [0.5, 0.6) is 5.75 Å². The molecule has 0 unspecified atom stereocenters. The standard InChI is InChI=1S/C25H27F2N7O/c1-15-9-21(35-2)18(17-5-7-28-22(15)17)12-34-8-6-24(13-25(26,27)14-24)10-20(34)16-3-4-19(29-11-16)23-30-32-33-31-23/h3-5,7,9,11,20,28H,6,8,10,12-14H2,1-2H3,(H,30,31,32,33)/t20-/m1/s1. The smallest absolute Gasteiger partial charge is 0.249 e. The van der Waals surface area contributed by atoms with Gasteiger partial charge in [0.05, 0.1) is 7.11 Å². The maximum absolute atomic E-state index is 14.0. The Bertz CT molecular complexity index is 1340. The van der Waals surface area contributed by atoms with Crippen LogP contribution < -0.4 is 4.74 Å². The lowest BCUT2D eigenvalue weighted by Gasteiger charge is -2.54. The summed E-state index contributed by atoms with van der Waals surface area (Å²) in [4.78, 5) is 10.3. The Kier molecular flexibility index (Phi) is 5.10. The minimum Gasteiger partial charge on any atom is -0.496 e. The minimum absolute atomic E-state index is 0.0331. The summed E-state index contributed by atoms with van der Waals surface area (Å²) >= 11 is 0. The van der Waals surface area contributed by atoms with Crippen molar-refractivity contribution in [3.8, 4) is 17.3 Å². The molecule has 0 radical (unpaired) electrons. The summed E-state index contributed by atoms with van der Waals surface area (Å²) in [6.07, 6.45) is 5.13. The van der Waals surface area contributed by atoms with E-state index in [-0.39, 0.29) is 24.3 Å². The Morgan fingerprint density at radius 1 is 1.23 bits per heavy atom. The Balaban J connectivity index is 1.35. The van der Waals surface area contributed by atoms with E-state index in [0.717, 1.165) is 46.3 Å². The molecule has 3 aromatic heterocycles. The number of nitrogens with one attached hydrogen (secondary N) is 2. The first-order valence-corrected chi connectivity index (χ1v) is 11.8. The summed E-state index contributed by atoms with van der Waals surface area (Å²) in [5.41, 5.74) is 4.61. The van der Waals surface area contributed by atoms with Crippen LogP contribution in [0, 0.1) is 12.3 Å². The molecule has 1 saturated heterocycles. The van der Waals surface area contributed by atoms with Crippen LogP contribution in [0.25, 0.3) is 22.4 Å². The first-order valence-electron chi connectivity index (χ1n) is 11.8. The molecule has 2 fully saturated rings. The van der Waals surface area contributed by atoms with Crippen LogP contribution in [-0.2, 0) is 6.54 Å². The number of fused-ring (bicyclic) bond motifs is 1. The first-order chi connectivity index (χ1) is 16.9. The number of nitrogens with zero attached hydrogens (tertiary/aromatic N) is 5. The summed E-state index contributed by atoms with van der Waals surface area (Å²) in [6, 6.07) is 7.97. The number of hydrogen-bond donors (Lipinski definition) is 2. The fourth-order valence-corrected chi connectivity index (χ4v) is 6.05. The SMILES string of the molecule is COc1cc(C)c2[nH]ccc2c1CN1CCC2(C[C@@H]1c1ccc(-c3nn[nH]n3)nc1)CC(F)(F)C2. The van der Waals surface area contributed by atoms with E-state index >= 15 is 0 Å². The van der Waals surface area contributed by atoms with Gasteiger partial charge in [0.25, 0.3) is 0 Å². The van der Waals surface area contributed by atoms with Gasteiger partial charge in [0.2, 0.25) is 11.7 Å². The fourth-order valence-electron chi connectivity index (χ4n) is 6.05. The number of aromatic nitrogens is 6. The number of methoxy groups -OCH3 is 1. The van der Waals surface area contributed by atoms with E-state index in [0.29, 0.717) is 24.5 Å². The van der Waals surface area contributed by atoms with Crippen LogP contribution in [0.3, 0.4) is 0 Å². The van der Waals surface area contributed by atoms with Crippen molar-refractivity contribution in [2.45, 2.75) is 51.1 Å². The molecule has 182 valence electrons. The third-order valence-corrected chi connectivity index (χ3v) is 7.70. The van der Waals surface area contributed by atoms with Gasteiger partial charge < -0.3 is 9.72 Å². The predicted molar refractivity (Wildman–Crippen MR) is 126 cm³/mol. The lowest BCUT2D eigenvalue weighted by molar-refractivity contribution is -0.186. The number of ether oxygens (including phenoxy) is 1. The van der Waals surface area contributed by atoms with Crippen LogP contribution in [0.1, 0.15) is 48.4 Å². The van der Waals surface area contributed by atoms with Crippen molar-refractivity contribution in [2.75, 3.05) is 13.7 Å². The average Bonchev–Trinajstić information content (AvgIpc) is 3.53. The maximum Gasteiger partial charge on any atom is 0.249 e. The molecule has 35 heavy (non-hydrogen) atoms. The summed E-state index contributed by atoms with van der Waals surface area (Å²) < 4.78 is 33.7. The monoisotopic (exact) mass is 479 g/mol. The maximum atomic E-state index is 14.0. The molecule has 1 spiro atoms. The third-order valence-electron chi connectivity index (χ3n) is 7.70. The third kappa shape index (κ3) is 3.85. The molecule has 1 aliphatic heterocycles. The molecule has 1 saturated carbocycles. The number of aromatic amines is 2. The second kappa shape index (κ2) is 8.08. The number of pyridine rings is 1. The van der Waals surface area contributed by atoms with Crippen LogP contribution in [0.15, 0.2) is 36.7 Å². The van der Waals surface area contributed by atoms with Gasteiger partial charge >= 0.3 is 0 Å². The van der Waals surface area contributed by atoms with Crippen LogP contribution in [0.4, 0.5) is 8.78 Å². The van der Waals surface area contributed by atoms with E-state index in [1.165, 1.54) is 0 Å². The van der Waals surface area contributed by atoms with E-state index < -0.39 is 5.92 Å². The molecule has 1 aliphatic carbocycles. The number of rotatable bonds is 5. The van der Waals surface area contributed by atoms with Crippen molar-refractivity contribution in [2.24, 2.45) is 5.41 Å². The molecule has 0 bridgehead atoms. The Labute approximate surface area is 201 Å². The Hall–Kier alpha value is -3.40. The highest BCUT2D eigenvalue weighted by molar-refractivity contribution is 5.88. The van der Waals surface area contributed by atoms with E-state index in [4.69, 9.17) is 4.74 Å². The van der Waals surface area contributed by atoms with Gasteiger partial charge in [-0.05, 0) is 66.3 Å². The number of hydrogen-bond acceptors (Lipinski definition) is 6. The summed E-state index contributed by atoms with van der Waals surface area (Å²) in [7, 11) is 1.69. The molecule has 10 heteroatoms. The molecule has 1 atom stereocenters. The number of likely N-dealkylation sites (tertiary alicyclic amines) is 1. The van der Waals surface area contributed by atoms with Crippen molar-refractivity contribution in [1.82, 2.24) is 35.5 Å². The fraction of sp³-hybridized carbons (Fsp3) is 0.440. The lowest BCUT2D eigenvalue weighted by Crippen LogP contribution is -2.53. The molecule has 0 amide bonds. The van der Waals surface area contributed by atoms with Gasteiger partial charge in [-0.3, -0.25) is 9.88 Å². The van der Waals surface area contributed by atoms with Crippen LogP contribution >= 0.6 is 0 Å². The quantitative estimate of drug-likeness (QED) is 0.426. The van der Waals surface area contributed by atoms with Crippen molar-refractivity contribution >= 4 is 10.9 Å². The highest BCUT2D eigenvalue weighted by Gasteiger charge is 2.58. The number of halogens is 2. The molecule has 4 heterocycles. The second-order valence-corrected chi connectivity index (χ2v) is 10.0. The highest BCUT2D eigenvalue weighted by Crippen LogP contribution is 2.60. The normalized spacial score (nSPS) is 21.3. The molecule has 2 N–H and O–H groups in total. The van der Waals surface area contributed by atoms with Gasteiger partial charge in [-0.15, -0.1) is 10.2 Å². The molecular weight excluding hydrogens is 452 g/mol. The highest BCUT2D eigenvalue weighted by atomic mass is 19.3. The van der Waals surface area contributed by atoms with E-state index in [1.807, 2.05) is 24.5 Å². The number of aryl methyl sites for hydroxylation is 1. The molecular formula is C25H27F2N7O. The van der Waals surface area contributed by atoms with Crippen molar-refractivity contribution in [3.63, 3.8) is 0 Å². The number of alkyl halides is 2. The largest absolute Gasteiger partial charge is 0.496 e. The molecule has 4 aromatic rings. The molecule has 6 rings (SSSR count). The second-order valence-electron chi connectivity index (χ2n) is 10.0. The average molecular weight is 480 g/mol. The lowest BCUT2D eigenvalue weighted by atomic mass is 9.59. The molecule has 8 nitrogen and oxygen atoms in total. The summed E-state index contributed by atoms with van der Waals surface area (Å²) in [6.45, 7) is 3.45. The van der Waals surface area contributed by atoms with Gasteiger partial charge in [0, 0.05) is 54.3 Å². The van der Waals surface area contributed by atoms with Gasteiger partial charge in [-0.2, -0.15) is 5.21 Å². The zero-order chi connectivity index (χ0) is 24.2. The number of H-pyrrole nitrogens is 2. The number of tetrazole rings is 1. The van der Waals surface area contributed by atoms with Gasteiger partial charge in [0.15, 0.2) is 0 Å². The van der Waals surface area contributed by atoms with E-state index in [9.17, 15) is 8.78 Å². The van der Waals surface area contributed by atoms with Gasteiger partial charge in [-0.1, -0.05) is 6.07 Å². The van der Waals surface area contributed by atoms with Crippen molar-refractivity contribution in [1.29, 1.82) is 0 Å². The van der Waals surface area contributed by atoms with Gasteiger partial charge in [0.1, 0.15) is 11.4 Å². The summed E-state index contributed by atoms with van der Waals surface area (Å²) in [5, 5.41) is 15.1. The van der Waals surface area contributed by atoms with Crippen molar-refractivity contribution < 1.29 is 13.5 Å². The van der Waals surface area contributed by atoms with E-state index in [2.05, 4.69) is 54.5 Å². The Morgan fingerprint density at radius 2 is 2.09 bits per heavy atom. The molecule has 1 aromatic carbocycles. The van der Waals surface area contributed by atoms with Gasteiger partial charge in [-0.25, -0.2) is 8.78 Å². The topological polar surface area (TPSA) is 95.6 Å². The zero-order valence-corrected chi connectivity index (χ0v) is 19.7. The number of benzene rings is 1. The van der Waals surface area contributed by atoms with E-state index in [1.54, 1.807) is 7.11 Å². The Morgan fingerprint density at radius 3 is 2.77 bits per heavy atom. The van der Waals surface area contributed by atoms with Crippen LogP contribution in [-0.4, -0.2) is 55.1 Å². The summed E-state index contributed by atoms with van der Waals surface area (Å²) in [5.74, 6) is -1.29. The van der Waals surface area contributed by atoms with Crippen LogP contribution in [0.2, 0.25) is 0 Å². The first kappa shape index (κ1) is 22.1. The number of piperidine rings is 1.